The number of aliphatic hydroxyl groups excluding tert-OH is 1. The molecule has 6 unspecified atom stereocenters. The van der Waals surface area contributed by atoms with Gasteiger partial charge in [-0.3, -0.25) is 9.59 Å². The molecule has 0 saturated carbocycles. The normalized spacial score (nSPS) is 18.7. The van der Waals surface area contributed by atoms with E-state index >= 15 is 0 Å². The molecule has 0 aromatic heterocycles. The summed E-state index contributed by atoms with van der Waals surface area (Å²) in [6.45, 7) is 15.7. The zero-order chi connectivity index (χ0) is 42.2. The van der Waals surface area contributed by atoms with Crippen molar-refractivity contribution in [1.29, 1.82) is 0 Å². The lowest BCUT2D eigenvalue weighted by molar-refractivity contribution is -0.136. The number of hydrogen-bond acceptors (Lipinski definition) is 11. The minimum absolute atomic E-state index is 0.00412. The molecule has 7 atom stereocenters. The van der Waals surface area contributed by atoms with Crippen LogP contribution in [0, 0.1) is 11.8 Å². The molecule has 2 saturated heterocycles. The van der Waals surface area contributed by atoms with Gasteiger partial charge in [0, 0.05) is 71.9 Å². The third-order valence-electron chi connectivity index (χ3n) is 10.0. The number of carbonyl (C=O) groups excluding carboxylic acids is 4. The van der Waals surface area contributed by atoms with Crippen molar-refractivity contribution in [1.82, 2.24) is 30.2 Å². The van der Waals surface area contributed by atoms with E-state index in [0.29, 0.717) is 19.0 Å². The molecule has 2 aliphatic heterocycles. The van der Waals surface area contributed by atoms with Crippen molar-refractivity contribution in [2.24, 2.45) is 11.8 Å². The first-order valence-electron chi connectivity index (χ1n) is 20.1. The van der Waals surface area contributed by atoms with Crippen LogP contribution in [-0.2, 0) is 35.1 Å². The molecular formula is C42H80N6O7. The highest BCUT2D eigenvalue weighted by Gasteiger charge is 2.33. The molecule has 55 heavy (non-hydrogen) atoms. The molecule has 0 spiro atoms. The monoisotopic (exact) mass is 781 g/mol. The number of likely N-dealkylation sites (tertiary alicyclic amines) is 1. The quantitative estimate of drug-likeness (QED) is 0.189. The first kappa shape index (κ1) is 54.3. The molecule has 13 nitrogen and oxygen atoms in total. The first-order chi connectivity index (χ1) is 26.3. The number of methoxy groups -OCH3 is 2. The summed E-state index contributed by atoms with van der Waals surface area (Å²) in [6.07, 6.45) is 8.30. The molecule has 2 fully saturated rings. The Hall–Kier alpha value is -2.78. The van der Waals surface area contributed by atoms with E-state index in [-0.39, 0.29) is 48.6 Å². The van der Waals surface area contributed by atoms with Gasteiger partial charge in [-0.15, -0.1) is 0 Å². The maximum atomic E-state index is 11.9. The summed E-state index contributed by atoms with van der Waals surface area (Å²) in [4.78, 5) is 51.5. The van der Waals surface area contributed by atoms with Crippen LogP contribution in [0.5, 0.6) is 0 Å². The maximum absolute atomic E-state index is 11.9. The highest BCUT2D eigenvalue weighted by atomic mass is 16.5. The average Bonchev–Trinajstić information content (AvgIpc) is 3.63. The van der Waals surface area contributed by atoms with Crippen molar-refractivity contribution >= 4 is 24.9 Å². The van der Waals surface area contributed by atoms with Gasteiger partial charge < -0.3 is 54.4 Å². The number of ether oxygens (including phenoxy) is 2. The van der Waals surface area contributed by atoms with Crippen LogP contribution in [0.15, 0.2) is 30.3 Å². The molecule has 1 aromatic carbocycles. The fourth-order valence-corrected chi connectivity index (χ4v) is 6.39. The second-order valence-electron chi connectivity index (χ2n) is 14.5. The van der Waals surface area contributed by atoms with Crippen LogP contribution in [0.1, 0.15) is 72.3 Å². The Balaban J connectivity index is 0. The Bertz CT molecular complexity index is 1080. The number of piperazine rings is 1. The molecule has 0 aliphatic carbocycles. The summed E-state index contributed by atoms with van der Waals surface area (Å²) in [5.41, 5.74) is 1.26. The highest BCUT2D eigenvalue weighted by molar-refractivity contribution is 5.78. The Kier molecular flexibility index (Phi) is 34.0. The number of aliphatic hydroxyl groups is 1. The standard InChI is InChI=1S/C13H26N2O3.C10H19NO2.C10H15NO.C6H12N2O.C3H8/c1-6-10(2)13(11(18-5)7-8-16)15(4)12(17)9-14-3;1-8(7-12)10(13-3)9-5-4-6-11(9)2;1-11-10(8-12)7-9-5-3-2-4-6-9;1-7-2-4-8(6-9)5-3-7;1-3-2/h8,10-11,13-14H,6-7,9H2,1-5H3;7-10H,4-6H2,1-3H3;2-6,10-12H,7-8H2,1H3;6H,2-5H2,1H3;3H2,1-2H3/t;;10-;;/m..0../s1. The first-order valence-corrected chi connectivity index (χ1v) is 20.1. The van der Waals surface area contributed by atoms with E-state index in [1.54, 1.807) is 38.1 Å². The fourth-order valence-electron chi connectivity index (χ4n) is 6.39. The summed E-state index contributed by atoms with van der Waals surface area (Å²) in [5, 5.41) is 14.8. The van der Waals surface area contributed by atoms with Crippen molar-refractivity contribution in [3.8, 4) is 0 Å². The van der Waals surface area contributed by atoms with Gasteiger partial charge in [0.25, 0.3) is 0 Å². The van der Waals surface area contributed by atoms with Crippen molar-refractivity contribution in [3.63, 3.8) is 0 Å². The number of aldehydes is 2. The summed E-state index contributed by atoms with van der Waals surface area (Å²) in [6, 6.07) is 10.7. The molecule has 2 aliphatic rings. The number of amides is 2. The van der Waals surface area contributed by atoms with Gasteiger partial charge in [-0.05, 0) is 65.5 Å². The lowest BCUT2D eigenvalue weighted by atomic mass is 9.91. The van der Waals surface area contributed by atoms with Gasteiger partial charge in [-0.1, -0.05) is 77.8 Å². The van der Waals surface area contributed by atoms with Gasteiger partial charge in [0.1, 0.15) is 12.6 Å². The Morgan fingerprint density at radius 2 is 1.58 bits per heavy atom. The molecule has 3 rings (SSSR count). The number of carbonyl (C=O) groups is 4. The van der Waals surface area contributed by atoms with Crippen LogP contribution >= 0.6 is 0 Å². The van der Waals surface area contributed by atoms with E-state index in [1.807, 2.05) is 32.2 Å². The fraction of sp³-hybridized carbons (Fsp3) is 0.762. The number of likely N-dealkylation sites (N-methyl/N-ethyl adjacent to an activating group) is 5. The van der Waals surface area contributed by atoms with E-state index in [9.17, 15) is 19.2 Å². The van der Waals surface area contributed by atoms with Crippen LogP contribution in [0.2, 0.25) is 0 Å². The highest BCUT2D eigenvalue weighted by Crippen LogP contribution is 2.24. The Labute approximate surface area is 334 Å². The SMILES string of the molecule is CCC.CCC(C)C(C(CC=O)OC)N(C)C(=O)CNC.CN1CCN(C=O)CC1.CN[C@H](CO)Cc1ccccc1.COC(C(C)C=O)C1CCCN1C. The van der Waals surface area contributed by atoms with Crippen molar-refractivity contribution in [3.05, 3.63) is 35.9 Å². The molecule has 320 valence electrons. The van der Waals surface area contributed by atoms with Crippen LogP contribution < -0.4 is 10.6 Å². The minimum Gasteiger partial charge on any atom is -0.395 e. The van der Waals surface area contributed by atoms with Crippen molar-refractivity contribution < 1.29 is 33.8 Å². The maximum Gasteiger partial charge on any atom is 0.236 e. The van der Waals surface area contributed by atoms with Crippen LogP contribution in [0.25, 0.3) is 0 Å². The summed E-state index contributed by atoms with van der Waals surface area (Å²) in [5.74, 6) is 0.284. The van der Waals surface area contributed by atoms with E-state index < -0.39 is 0 Å². The third-order valence-corrected chi connectivity index (χ3v) is 10.0. The Morgan fingerprint density at radius 1 is 0.982 bits per heavy atom. The van der Waals surface area contributed by atoms with Gasteiger partial charge in [-0.2, -0.15) is 0 Å². The second-order valence-corrected chi connectivity index (χ2v) is 14.5. The van der Waals surface area contributed by atoms with E-state index in [0.717, 1.165) is 71.0 Å². The zero-order valence-corrected chi connectivity index (χ0v) is 36.5. The lowest BCUT2D eigenvalue weighted by Gasteiger charge is -2.37. The van der Waals surface area contributed by atoms with Gasteiger partial charge in [-0.25, -0.2) is 0 Å². The summed E-state index contributed by atoms with van der Waals surface area (Å²) in [7, 11) is 12.8. The average molecular weight is 781 g/mol. The second kappa shape index (κ2) is 34.5. The van der Waals surface area contributed by atoms with Crippen molar-refractivity contribution in [2.45, 2.75) is 103 Å². The number of benzene rings is 1. The molecule has 0 radical (unpaired) electrons. The number of nitrogens with zero attached hydrogens (tertiary/aromatic N) is 4. The molecule has 1 aromatic rings. The van der Waals surface area contributed by atoms with Crippen LogP contribution in [0.3, 0.4) is 0 Å². The lowest BCUT2D eigenvalue weighted by Crippen LogP contribution is -2.51. The molecule has 13 heteroatoms. The Morgan fingerprint density at radius 3 is 1.98 bits per heavy atom. The van der Waals surface area contributed by atoms with Gasteiger partial charge >= 0.3 is 0 Å². The minimum atomic E-state index is -0.247. The third kappa shape index (κ3) is 23.1. The van der Waals surface area contributed by atoms with Crippen LogP contribution in [-0.4, -0.2) is 175 Å². The van der Waals surface area contributed by atoms with E-state index in [2.05, 4.69) is 74.4 Å². The topological polar surface area (TPSA) is 144 Å². The zero-order valence-electron chi connectivity index (χ0n) is 36.5. The summed E-state index contributed by atoms with van der Waals surface area (Å²) < 4.78 is 10.8. The number of nitrogens with one attached hydrogen (secondary N) is 2. The van der Waals surface area contributed by atoms with Crippen molar-refractivity contribution in [2.75, 3.05) is 95.3 Å². The van der Waals surface area contributed by atoms with Gasteiger partial charge in [0.15, 0.2) is 0 Å². The smallest absolute Gasteiger partial charge is 0.236 e. The van der Waals surface area contributed by atoms with E-state index in [4.69, 9.17) is 14.6 Å². The molecular weight excluding hydrogens is 700 g/mol. The van der Waals surface area contributed by atoms with E-state index in [1.165, 1.54) is 18.4 Å². The molecule has 3 N–H and O–H groups in total. The predicted octanol–water partition coefficient (Wildman–Crippen LogP) is 3.23. The van der Waals surface area contributed by atoms with Crippen LogP contribution in [0.4, 0.5) is 0 Å². The van der Waals surface area contributed by atoms with Gasteiger partial charge in [0.05, 0.1) is 31.4 Å². The molecule has 0 bridgehead atoms. The largest absolute Gasteiger partial charge is 0.395 e. The summed E-state index contributed by atoms with van der Waals surface area (Å²) >= 11 is 0. The predicted molar refractivity (Wildman–Crippen MR) is 224 cm³/mol. The number of hydrogen-bond donors (Lipinski definition) is 3. The number of rotatable bonds is 18. The molecule has 2 amide bonds. The molecule has 2 heterocycles. The van der Waals surface area contributed by atoms with Gasteiger partial charge in [0.2, 0.25) is 12.3 Å².